The number of nitriles is 1. The van der Waals surface area contributed by atoms with Crippen LogP contribution < -0.4 is 4.90 Å². The van der Waals surface area contributed by atoms with Crippen LogP contribution in [0, 0.1) is 17.1 Å². The van der Waals surface area contributed by atoms with Crippen LogP contribution in [0.5, 0.6) is 0 Å². The van der Waals surface area contributed by atoms with Gasteiger partial charge in [0.2, 0.25) is 0 Å². The normalized spacial score (nSPS) is 16.3. The van der Waals surface area contributed by atoms with E-state index >= 15 is 0 Å². The van der Waals surface area contributed by atoms with E-state index in [1.807, 2.05) is 11.0 Å². The Hall–Kier alpha value is -3.80. The molecule has 0 saturated carbocycles. The molecule has 0 saturated heterocycles. The SMILES string of the molecule is N#Cc1cnc(N2CCc3[nH]cnc3[C@@H]2c2cc3c(F)cccn3n2)cn1. The first-order valence-electron chi connectivity index (χ1n) is 8.39. The number of nitrogens with zero attached hydrogens (tertiary/aromatic N) is 7. The summed E-state index contributed by atoms with van der Waals surface area (Å²) in [4.78, 5) is 18.2. The van der Waals surface area contributed by atoms with Crippen molar-refractivity contribution in [2.75, 3.05) is 11.4 Å². The van der Waals surface area contributed by atoms with Crippen LogP contribution in [-0.2, 0) is 6.42 Å². The molecule has 1 N–H and O–H groups in total. The Kier molecular flexibility index (Phi) is 3.36. The highest BCUT2D eigenvalue weighted by atomic mass is 19.1. The minimum absolute atomic E-state index is 0.252. The highest BCUT2D eigenvalue weighted by Crippen LogP contribution is 2.35. The van der Waals surface area contributed by atoms with Gasteiger partial charge in [0.1, 0.15) is 29.3 Å². The summed E-state index contributed by atoms with van der Waals surface area (Å²) in [6.07, 6.45) is 7.13. The Morgan fingerprint density at radius 1 is 1.26 bits per heavy atom. The summed E-state index contributed by atoms with van der Waals surface area (Å²) >= 11 is 0. The summed E-state index contributed by atoms with van der Waals surface area (Å²) in [5.41, 5.74) is 3.18. The van der Waals surface area contributed by atoms with Crippen LogP contribution in [0.4, 0.5) is 10.2 Å². The van der Waals surface area contributed by atoms with Gasteiger partial charge in [0.25, 0.3) is 0 Å². The Morgan fingerprint density at radius 2 is 2.19 bits per heavy atom. The van der Waals surface area contributed by atoms with Gasteiger partial charge in [-0.05, 0) is 18.2 Å². The first kappa shape index (κ1) is 15.5. The number of rotatable bonds is 2. The lowest BCUT2D eigenvalue weighted by atomic mass is 10.00. The van der Waals surface area contributed by atoms with Crippen molar-refractivity contribution in [3.05, 3.63) is 71.7 Å². The van der Waals surface area contributed by atoms with Crippen molar-refractivity contribution in [2.24, 2.45) is 0 Å². The van der Waals surface area contributed by atoms with Gasteiger partial charge in [0.05, 0.1) is 30.1 Å². The maximum atomic E-state index is 14.2. The van der Waals surface area contributed by atoms with Gasteiger partial charge in [-0.15, -0.1) is 0 Å². The molecule has 5 rings (SSSR count). The Morgan fingerprint density at radius 3 is 2.96 bits per heavy atom. The molecule has 0 spiro atoms. The number of aromatic nitrogens is 6. The molecule has 4 aromatic heterocycles. The summed E-state index contributed by atoms with van der Waals surface area (Å²) < 4.78 is 15.7. The van der Waals surface area contributed by atoms with Crippen LogP contribution in [0.15, 0.2) is 43.1 Å². The number of imidazole rings is 1. The van der Waals surface area contributed by atoms with Gasteiger partial charge < -0.3 is 9.88 Å². The Bertz CT molecular complexity index is 1170. The van der Waals surface area contributed by atoms with Gasteiger partial charge in [-0.2, -0.15) is 10.4 Å². The highest BCUT2D eigenvalue weighted by Gasteiger charge is 2.34. The first-order chi connectivity index (χ1) is 13.2. The molecule has 1 aliphatic heterocycles. The largest absolute Gasteiger partial charge is 0.348 e. The molecule has 27 heavy (non-hydrogen) atoms. The van der Waals surface area contributed by atoms with Gasteiger partial charge in [0.15, 0.2) is 5.69 Å². The molecule has 4 aromatic rings. The Balaban J connectivity index is 1.66. The number of pyridine rings is 1. The van der Waals surface area contributed by atoms with E-state index in [1.54, 1.807) is 30.9 Å². The quantitative estimate of drug-likeness (QED) is 0.587. The standard InChI is InChI=1S/C18H13FN8/c19-12-2-1-4-27-15(12)6-14(25-27)18-17-13(23-10-24-17)3-5-26(18)16-9-21-11(7-20)8-22-16/h1-2,4,6,8-10,18H,3,5H2,(H,23,24)/t18-/m0/s1. The summed E-state index contributed by atoms with van der Waals surface area (Å²) in [5, 5.41) is 13.5. The van der Waals surface area contributed by atoms with Gasteiger partial charge in [-0.25, -0.2) is 23.9 Å². The smallest absolute Gasteiger partial charge is 0.158 e. The van der Waals surface area contributed by atoms with Crippen molar-refractivity contribution in [2.45, 2.75) is 12.5 Å². The monoisotopic (exact) mass is 360 g/mol. The lowest BCUT2D eigenvalue weighted by Crippen LogP contribution is -2.37. The molecule has 5 heterocycles. The van der Waals surface area contributed by atoms with Crippen molar-refractivity contribution >= 4 is 11.3 Å². The first-order valence-corrected chi connectivity index (χ1v) is 8.39. The van der Waals surface area contributed by atoms with E-state index in [2.05, 4.69) is 25.0 Å². The average Bonchev–Trinajstić information content (AvgIpc) is 3.35. The molecule has 1 aliphatic rings. The van der Waals surface area contributed by atoms with Crippen molar-refractivity contribution < 1.29 is 4.39 Å². The number of hydrogen-bond acceptors (Lipinski definition) is 6. The number of aromatic amines is 1. The molecule has 0 fully saturated rings. The summed E-state index contributed by atoms with van der Waals surface area (Å²) in [7, 11) is 0. The predicted octanol–water partition coefficient (Wildman–Crippen LogP) is 2.01. The molecule has 0 unspecified atom stereocenters. The zero-order valence-corrected chi connectivity index (χ0v) is 14.0. The molecular formula is C18H13FN8. The summed E-state index contributed by atoms with van der Waals surface area (Å²) in [5.74, 6) is 0.282. The van der Waals surface area contributed by atoms with Gasteiger partial charge >= 0.3 is 0 Å². The highest BCUT2D eigenvalue weighted by molar-refractivity contribution is 5.54. The number of anilines is 1. The minimum Gasteiger partial charge on any atom is -0.348 e. The molecular weight excluding hydrogens is 347 g/mol. The lowest BCUT2D eigenvalue weighted by Gasteiger charge is -2.34. The third-order valence-electron chi connectivity index (χ3n) is 4.72. The third-order valence-corrected chi connectivity index (χ3v) is 4.72. The third kappa shape index (κ3) is 2.42. The van der Waals surface area contributed by atoms with E-state index in [-0.39, 0.29) is 17.6 Å². The number of fused-ring (bicyclic) bond motifs is 2. The molecule has 1 atom stereocenters. The fraction of sp³-hybridized carbons (Fsp3) is 0.167. The average molecular weight is 360 g/mol. The molecule has 0 radical (unpaired) electrons. The molecule has 132 valence electrons. The second kappa shape index (κ2) is 5.88. The fourth-order valence-corrected chi connectivity index (χ4v) is 3.48. The van der Waals surface area contributed by atoms with Gasteiger partial charge in [-0.3, -0.25) is 0 Å². The van der Waals surface area contributed by atoms with Crippen LogP contribution >= 0.6 is 0 Å². The zero-order chi connectivity index (χ0) is 18.4. The topological polar surface area (TPSA) is 98.8 Å². The number of halogens is 1. The van der Waals surface area contributed by atoms with Gasteiger partial charge in [0, 0.05) is 24.9 Å². The van der Waals surface area contributed by atoms with Crippen LogP contribution in [0.2, 0.25) is 0 Å². The molecule has 0 bridgehead atoms. The van der Waals surface area contributed by atoms with E-state index < -0.39 is 0 Å². The van der Waals surface area contributed by atoms with Crippen LogP contribution in [-0.4, -0.2) is 36.1 Å². The predicted molar refractivity (Wildman–Crippen MR) is 93.4 cm³/mol. The maximum Gasteiger partial charge on any atom is 0.158 e. The summed E-state index contributed by atoms with van der Waals surface area (Å²) in [6.45, 7) is 0.663. The molecule has 0 aromatic carbocycles. The molecule has 8 nitrogen and oxygen atoms in total. The van der Waals surface area contributed by atoms with Crippen molar-refractivity contribution in [3.8, 4) is 6.07 Å². The molecule has 0 aliphatic carbocycles. The van der Waals surface area contributed by atoms with Crippen molar-refractivity contribution in [1.82, 2.24) is 29.5 Å². The van der Waals surface area contributed by atoms with E-state index in [0.29, 0.717) is 23.6 Å². The molecule has 9 heteroatoms. The fourth-order valence-electron chi connectivity index (χ4n) is 3.48. The maximum absolute atomic E-state index is 14.2. The number of nitrogens with one attached hydrogen (secondary N) is 1. The number of hydrogen-bond donors (Lipinski definition) is 1. The van der Waals surface area contributed by atoms with Crippen LogP contribution in [0.25, 0.3) is 5.52 Å². The minimum atomic E-state index is -0.334. The van der Waals surface area contributed by atoms with Crippen molar-refractivity contribution in [3.63, 3.8) is 0 Å². The molecule has 0 amide bonds. The second-order valence-electron chi connectivity index (χ2n) is 6.24. The van der Waals surface area contributed by atoms with E-state index in [1.165, 1.54) is 16.8 Å². The van der Waals surface area contributed by atoms with E-state index in [4.69, 9.17) is 5.26 Å². The van der Waals surface area contributed by atoms with Crippen LogP contribution in [0.3, 0.4) is 0 Å². The zero-order valence-electron chi connectivity index (χ0n) is 14.0. The number of H-pyrrole nitrogens is 1. The van der Waals surface area contributed by atoms with E-state index in [0.717, 1.165) is 17.8 Å². The van der Waals surface area contributed by atoms with Crippen molar-refractivity contribution in [1.29, 1.82) is 5.26 Å². The van der Waals surface area contributed by atoms with Crippen LogP contribution in [0.1, 0.15) is 28.8 Å². The Labute approximate surface area is 152 Å². The van der Waals surface area contributed by atoms with Gasteiger partial charge in [-0.1, -0.05) is 0 Å². The van der Waals surface area contributed by atoms with E-state index in [9.17, 15) is 4.39 Å². The second-order valence-corrected chi connectivity index (χ2v) is 6.24. The lowest BCUT2D eigenvalue weighted by molar-refractivity contribution is 0.608. The summed E-state index contributed by atoms with van der Waals surface area (Å²) in [6, 6.07) is 6.39.